The molecule has 0 heterocycles. The van der Waals surface area contributed by atoms with Gasteiger partial charge in [-0.25, -0.2) is 0 Å². The molecular weight excluding hydrogens is 284 g/mol. The minimum atomic E-state index is -0.393. The minimum absolute atomic E-state index is 0.0686. The highest BCUT2D eigenvalue weighted by atomic mass is 32.1. The van der Waals surface area contributed by atoms with E-state index in [0.717, 1.165) is 5.56 Å². The highest BCUT2D eigenvalue weighted by Crippen LogP contribution is 2.07. The van der Waals surface area contributed by atoms with Crippen molar-refractivity contribution in [1.29, 1.82) is 0 Å². The number of hydrogen-bond donors (Lipinski definition) is 2. The standard InChI is InChI=1S/C16H24N2O2S/c1-3-18(4-2)15(19)10-11-17-16(20)14(21)12-13-8-6-5-7-9-13/h5-9,14,21H,3-4,10-12H2,1-2H3,(H,17,20). The number of nitrogens with one attached hydrogen (secondary N) is 1. The van der Waals surface area contributed by atoms with E-state index in [9.17, 15) is 9.59 Å². The van der Waals surface area contributed by atoms with Crippen molar-refractivity contribution in [1.82, 2.24) is 10.2 Å². The number of carbonyl (C=O) groups excluding carboxylic acids is 2. The van der Waals surface area contributed by atoms with Gasteiger partial charge in [0.1, 0.15) is 0 Å². The van der Waals surface area contributed by atoms with Gasteiger partial charge in [0, 0.05) is 26.1 Å². The predicted octanol–water partition coefficient (Wildman–Crippen LogP) is 1.90. The molecule has 0 bridgehead atoms. The van der Waals surface area contributed by atoms with Gasteiger partial charge in [0.25, 0.3) is 0 Å². The summed E-state index contributed by atoms with van der Waals surface area (Å²) in [5, 5.41) is 2.38. The van der Waals surface area contributed by atoms with Gasteiger partial charge in [-0.2, -0.15) is 12.6 Å². The third kappa shape index (κ3) is 6.21. The first-order valence-corrected chi connectivity index (χ1v) is 7.87. The number of thiol groups is 1. The summed E-state index contributed by atoms with van der Waals surface area (Å²) in [6.07, 6.45) is 0.916. The number of hydrogen-bond acceptors (Lipinski definition) is 3. The molecule has 0 spiro atoms. The molecule has 1 rings (SSSR count). The second kappa shape index (κ2) is 9.45. The smallest absolute Gasteiger partial charge is 0.233 e. The van der Waals surface area contributed by atoms with E-state index in [4.69, 9.17) is 0 Å². The molecule has 0 saturated heterocycles. The van der Waals surface area contributed by atoms with E-state index in [2.05, 4.69) is 17.9 Å². The van der Waals surface area contributed by atoms with E-state index in [1.54, 1.807) is 4.90 Å². The fraction of sp³-hybridized carbons (Fsp3) is 0.500. The van der Waals surface area contributed by atoms with Crippen LogP contribution in [0, 0.1) is 0 Å². The van der Waals surface area contributed by atoms with Crippen LogP contribution in [0.2, 0.25) is 0 Å². The molecule has 5 heteroatoms. The maximum atomic E-state index is 11.9. The number of carbonyl (C=O) groups is 2. The zero-order valence-electron chi connectivity index (χ0n) is 12.7. The minimum Gasteiger partial charge on any atom is -0.355 e. The van der Waals surface area contributed by atoms with E-state index in [0.29, 0.717) is 32.5 Å². The van der Waals surface area contributed by atoms with Crippen molar-refractivity contribution in [3.8, 4) is 0 Å². The molecule has 1 unspecified atom stereocenters. The predicted molar refractivity (Wildman–Crippen MR) is 88.5 cm³/mol. The first-order valence-electron chi connectivity index (χ1n) is 7.35. The second-order valence-electron chi connectivity index (χ2n) is 4.81. The largest absolute Gasteiger partial charge is 0.355 e. The third-order valence-corrected chi connectivity index (χ3v) is 3.75. The number of rotatable bonds is 8. The molecule has 0 aliphatic carbocycles. The van der Waals surface area contributed by atoms with Crippen LogP contribution >= 0.6 is 12.6 Å². The summed E-state index contributed by atoms with van der Waals surface area (Å²) >= 11 is 4.33. The number of nitrogens with zero attached hydrogens (tertiary/aromatic N) is 1. The van der Waals surface area contributed by atoms with Crippen LogP contribution in [0.1, 0.15) is 25.8 Å². The Morgan fingerprint density at radius 2 is 1.81 bits per heavy atom. The van der Waals surface area contributed by atoms with Crippen LogP contribution in [0.3, 0.4) is 0 Å². The van der Waals surface area contributed by atoms with Gasteiger partial charge in [0.2, 0.25) is 11.8 Å². The van der Waals surface area contributed by atoms with Crippen LogP contribution in [0.5, 0.6) is 0 Å². The molecule has 4 nitrogen and oxygen atoms in total. The Kier molecular flexibility index (Phi) is 7.90. The summed E-state index contributed by atoms with van der Waals surface area (Å²) in [6.45, 7) is 5.66. The average Bonchev–Trinajstić information content (AvgIpc) is 2.49. The van der Waals surface area contributed by atoms with Gasteiger partial charge in [-0.1, -0.05) is 30.3 Å². The molecule has 0 saturated carbocycles. The summed E-state index contributed by atoms with van der Waals surface area (Å²) in [5.74, 6) is -0.0615. The molecule has 0 radical (unpaired) electrons. The van der Waals surface area contributed by atoms with E-state index >= 15 is 0 Å². The highest BCUT2D eigenvalue weighted by Gasteiger charge is 2.15. The monoisotopic (exact) mass is 308 g/mol. The summed E-state index contributed by atoms with van der Waals surface area (Å²) in [5.41, 5.74) is 1.08. The Balaban J connectivity index is 2.32. The summed E-state index contributed by atoms with van der Waals surface area (Å²) in [6, 6.07) is 9.77. The van der Waals surface area contributed by atoms with Crippen molar-refractivity contribution in [2.24, 2.45) is 0 Å². The van der Waals surface area contributed by atoms with Gasteiger partial charge in [-0.3, -0.25) is 9.59 Å². The van der Waals surface area contributed by atoms with Crippen molar-refractivity contribution in [3.05, 3.63) is 35.9 Å². The third-order valence-electron chi connectivity index (χ3n) is 3.33. The Morgan fingerprint density at radius 1 is 1.19 bits per heavy atom. The van der Waals surface area contributed by atoms with Crippen molar-refractivity contribution in [3.63, 3.8) is 0 Å². The maximum absolute atomic E-state index is 11.9. The topological polar surface area (TPSA) is 49.4 Å². The van der Waals surface area contributed by atoms with Crippen molar-refractivity contribution >= 4 is 24.4 Å². The van der Waals surface area contributed by atoms with Gasteiger partial charge in [0.05, 0.1) is 5.25 Å². The molecule has 116 valence electrons. The van der Waals surface area contributed by atoms with E-state index < -0.39 is 5.25 Å². The van der Waals surface area contributed by atoms with E-state index in [1.807, 2.05) is 44.2 Å². The molecule has 0 fully saturated rings. The molecule has 2 amide bonds. The van der Waals surface area contributed by atoms with Crippen molar-refractivity contribution in [2.45, 2.75) is 31.9 Å². The molecule has 0 aliphatic heterocycles. The molecule has 21 heavy (non-hydrogen) atoms. The Morgan fingerprint density at radius 3 is 2.38 bits per heavy atom. The molecule has 1 aromatic rings. The number of benzene rings is 1. The van der Waals surface area contributed by atoms with Crippen LogP contribution in [-0.2, 0) is 16.0 Å². The highest BCUT2D eigenvalue weighted by molar-refractivity contribution is 7.81. The number of amides is 2. The van der Waals surface area contributed by atoms with E-state index in [-0.39, 0.29) is 11.8 Å². The maximum Gasteiger partial charge on any atom is 0.233 e. The molecule has 0 aromatic heterocycles. The van der Waals surface area contributed by atoms with Crippen LogP contribution in [-0.4, -0.2) is 41.6 Å². The Hall–Kier alpha value is -1.49. The normalized spacial score (nSPS) is 11.8. The first-order chi connectivity index (χ1) is 10.1. The summed E-state index contributed by atoms with van der Waals surface area (Å²) in [7, 11) is 0. The van der Waals surface area contributed by atoms with Crippen LogP contribution in [0.15, 0.2) is 30.3 Å². The first kappa shape index (κ1) is 17.6. The lowest BCUT2D eigenvalue weighted by molar-refractivity contribution is -0.130. The lowest BCUT2D eigenvalue weighted by Gasteiger charge is -2.19. The lowest BCUT2D eigenvalue weighted by atomic mass is 10.1. The average molecular weight is 308 g/mol. The zero-order valence-corrected chi connectivity index (χ0v) is 13.6. The van der Waals surface area contributed by atoms with Crippen molar-refractivity contribution in [2.75, 3.05) is 19.6 Å². The van der Waals surface area contributed by atoms with Crippen LogP contribution in [0.25, 0.3) is 0 Å². The fourth-order valence-corrected chi connectivity index (χ4v) is 2.38. The quantitative estimate of drug-likeness (QED) is 0.721. The van der Waals surface area contributed by atoms with Gasteiger partial charge in [0.15, 0.2) is 0 Å². The molecule has 1 aromatic carbocycles. The lowest BCUT2D eigenvalue weighted by Crippen LogP contribution is -2.37. The van der Waals surface area contributed by atoms with Crippen molar-refractivity contribution < 1.29 is 9.59 Å². The van der Waals surface area contributed by atoms with Gasteiger partial charge < -0.3 is 10.2 Å². The van der Waals surface area contributed by atoms with Gasteiger partial charge in [-0.05, 0) is 25.8 Å². The zero-order chi connectivity index (χ0) is 15.7. The second-order valence-corrected chi connectivity index (χ2v) is 5.44. The Labute approximate surface area is 132 Å². The molecule has 1 atom stereocenters. The van der Waals surface area contributed by atoms with Crippen LogP contribution in [0.4, 0.5) is 0 Å². The van der Waals surface area contributed by atoms with Gasteiger partial charge >= 0.3 is 0 Å². The Bertz CT molecular complexity index is 447. The SMILES string of the molecule is CCN(CC)C(=O)CCNC(=O)C(S)Cc1ccccc1. The van der Waals surface area contributed by atoms with Gasteiger partial charge in [-0.15, -0.1) is 0 Å². The molecule has 0 aliphatic rings. The summed E-state index contributed by atoms with van der Waals surface area (Å²) in [4.78, 5) is 25.5. The fourth-order valence-electron chi connectivity index (χ4n) is 2.07. The van der Waals surface area contributed by atoms with E-state index in [1.165, 1.54) is 0 Å². The molecular formula is C16H24N2O2S. The molecule has 1 N–H and O–H groups in total. The van der Waals surface area contributed by atoms with Crippen LogP contribution < -0.4 is 5.32 Å². The summed E-state index contributed by atoms with van der Waals surface area (Å²) < 4.78 is 0.